The normalized spacial score (nSPS) is 11.4. The summed E-state index contributed by atoms with van der Waals surface area (Å²) in [6.07, 6.45) is 1.61. The molecule has 9 nitrogen and oxygen atoms in total. The highest BCUT2D eigenvalue weighted by atomic mass is 16.3. The Hall–Kier alpha value is -3.88. The Labute approximate surface area is 164 Å². The van der Waals surface area contributed by atoms with Gasteiger partial charge in [0.25, 0.3) is 11.1 Å². The summed E-state index contributed by atoms with van der Waals surface area (Å²) in [5.41, 5.74) is -0.725. The smallest absolute Gasteiger partial charge is 0.332 e. The minimum absolute atomic E-state index is 0.0123. The van der Waals surface area contributed by atoms with Gasteiger partial charge in [0.1, 0.15) is 0 Å². The van der Waals surface area contributed by atoms with Crippen LogP contribution in [0.2, 0.25) is 0 Å². The van der Waals surface area contributed by atoms with Crippen LogP contribution in [0, 0.1) is 0 Å². The Morgan fingerprint density at radius 1 is 1.07 bits per heavy atom. The van der Waals surface area contributed by atoms with Crippen LogP contribution in [0.4, 0.5) is 0 Å². The zero-order chi connectivity index (χ0) is 20.9. The lowest BCUT2D eigenvalue weighted by Gasteiger charge is -2.14. The number of aromatic hydroxyl groups is 1. The van der Waals surface area contributed by atoms with E-state index in [1.807, 2.05) is 30.3 Å². The average molecular weight is 393 g/mol. The van der Waals surface area contributed by atoms with Crippen molar-refractivity contribution in [2.75, 3.05) is 0 Å². The standard InChI is InChI=1S/C20H19N5O4/c1-4-8-13-16(26)24(11-12-9-6-5-7-10-12)19-21-15-14(25(19)17(13)27)18(28)23(3)20(29)22(15)2/h4-7,9-10,26H,1,8,11H2,2-3H3. The summed E-state index contributed by atoms with van der Waals surface area (Å²) in [6.45, 7) is 3.86. The molecular weight excluding hydrogens is 374 g/mol. The van der Waals surface area contributed by atoms with Crippen molar-refractivity contribution >= 4 is 16.9 Å². The molecule has 1 aromatic carbocycles. The van der Waals surface area contributed by atoms with Crippen LogP contribution in [0.25, 0.3) is 16.9 Å². The maximum absolute atomic E-state index is 13.1. The van der Waals surface area contributed by atoms with Crippen molar-refractivity contribution in [3.05, 3.63) is 85.3 Å². The first kappa shape index (κ1) is 18.5. The van der Waals surface area contributed by atoms with E-state index < -0.39 is 16.8 Å². The second-order valence-electron chi connectivity index (χ2n) is 6.80. The third-order valence-corrected chi connectivity index (χ3v) is 5.00. The average Bonchev–Trinajstić information content (AvgIpc) is 3.13. The van der Waals surface area contributed by atoms with Crippen molar-refractivity contribution in [2.24, 2.45) is 14.1 Å². The number of aromatic nitrogens is 5. The fourth-order valence-corrected chi connectivity index (χ4v) is 3.48. The molecular formula is C20H19N5O4. The van der Waals surface area contributed by atoms with E-state index in [2.05, 4.69) is 11.6 Å². The molecule has 0 spiro atoms. The highest BCUT2D eigenvalue weighted by Gasteiger charge is 2.23. The van der Waals surface area contributed by atoms with Crippen LogP contribution in [0.1, 0.15) is 11.1 Å². The number of allylic oxidation sites excluding steroid dienone is 1. The first-order chi connectivity index (χ1) is 13.9. The van der Waals surface area contributed by atoms with Crippen LogP contribution in [0.5, 0.6) is 5.88 Å². The Kier molecular flexibility index (Phi) is 4.22. The Morgan fingerprint density at radius 3 is 2.41 bits per heavy atom. The summed E-state index contributed by atoms with van der Waals surface area (Å²) in [5, 5.41) is 10.8. The van der Waals surface area contributed by atoms with E-state index in [1.165, 1.54) is 33.7 Å². The molecule has 0 saturated carbocycles. The zero-order valence-corrected chi connectivity index (χ0v) is 16.0. The summed E-state index contributed by atoms with van der Waals surface area (Å²) < 4.78 is 4.76. The molecule has 4 rings (SSSR count). The minimum atomic E-state index is -0.630. The van der Waals surface area contributed by atoms with Gasteiger partial charge >= 0.3 is 5.69 Å². The maximum Gasteiger partial charge on any atom is 0.332 e. The van der Waals surface area contributed by atoms with Gasteiger partial charge in [-0.3, -0.25) is 23.3 Å². The fourth-order valence-electron chi connectivity index (χ4n) is 3.48. The van der Waals surface area contributed by atoms with Crippen molar-refractivity contribution in [2.45, 2.75) is 13.0 Å². The largest absolute Gasteiger partial charge is 0.494 e. The highest BCUT2D eigenvalue weighted by Crippen LogP contribution is 2.21. The summed E-state index contributed by atoms with van der Waals surface area (Å²) in [5.74, 6) is -0.166. The summed E-state index contributed by atoms with van der Waals surface area (Å²) in [6, 6.07) is 9.34. The van der Waals surface area contributed by atoms with Gasteiger partial charge in [0, 0.05) is 20.5 Å². The van der Waals surface area contributed by atoms with Crippen molar-refractivity contribution in [1.82, 2.24) is 23.1 Å². The molecule has 0 bridgehead atoms. The molecule has 0 amide bonds. The molecule has 148 valence electrons. The molecule has 0 aliphatic rings. The van der Waals surface area contributed by atoms with Crippen molar-refractivity contribution < 1.29 is 5.11 Å². The number of fused-ring (bicyclic) bond motifs is 3. The second kappa shape index (κ2) is 6.62. The molecule has 3 aromatic heterocycles. The molecule has 0 aliphatic heterocycles. The van der Waals surface area contributed by atoms with Gasteiger partial charge in [-0.1, -0.05) is 36.4 Å². The molecule has 0 atom stereocenters. The molecule has 0 aliphatic carbocycles. The number of nitrogens with zero attached hydrogens (tertiary/aromatic N) is 5. The second-order valence-corrected chi connectivity index (χ2v) is 6.80. The van der Waals surface area contributed by atoms with Crippen molar-refractivity contribution in [1.29, 1.82) is 0 Å². The summed E-state index contributed by atoms with van der Waals surface area (Å²) in [4.78, 5) is 42.6. The molecule has 0 saturated heterocycles. The van der Waals surface area contributed by atoms with E-state index in [0.29, 0.717) is 0 Å². The molecule has 0 unspecified atom stereocenters. The van der Waals surface area contributed by atoms with Gasteiger partial charge in [-0.15, -0.1) is 6.58 Å². The molecule has 3 heterocycles. The van der Waals surface area contributed by atoms with E-state index in [-0.39, 0.29) is 41.4 Å². The Bertz CT molecular complexity index is 1450. The quantitative estimate of drug-likeness (QED) is 0.510. The van der Waals surface area contributed by atoms with Gasteiger partial charge in [-0.05, 0) is 5.56 Å². The van der Waals surface area contributed by atoms with Gasteiger partial charge in [-0.2, -0.15) is 4.98 Å². The van der Waals surface area contributed by atoms with Crippen LogP contribution in [-0.2, 0) is 27.1 Å². The lowest BCUT2D eigenvalue weighted by molar-refractivity contribution is 0.413. The third kappa shape index (κ3) is 2.62. The maximum atomic E-state index is 13.1. The molecule has 0 fully saturated rings. The van der Waals surface area contributed by atoms with Crippen molar-refractivity contribution in [3.63, 3.8) is 0 Å². The monoisotopic (exact) mass is 393 g/mol. The lowest BCUT2D eigenvalue weighted by atomic mass is 10.2. The number of benzene rings is 1. The van der Waals surface area contributed by atoms with Crippen LogP contribution in [0.15, 0.2) is 57.4 Å². The van der Waals surface area contributed by atoms with Crippen LogP contribution < -0.4 is 16.8 Å². The fraction of sp³-hybridized carbons (Fsp3) is 0.200. The van der Waals surface area contributed by atoms with E-state index >= 15 is 0 Å². The summed E-state index contributed by atoms with van der Waals surface area (Å²) >= 11 is 0. The predicted molar refractivity (Wildman–Crippen MR) is 109 cm³/mol. The van der Waals surface area contributed by atoms with Gasteiger partial charge in [0.15, 0.2) is 11.2 Å². The van der Waals surface area contributed by atoms with E-state index in [4.69, 9.17) is 0 Å². The van der Waals surface area contributed by atoms with Crippen LogP contribution in [0.3, 0.4) is 0 Å². The number of hydrogen-bond acceptors (Lipinski definition) is 5. The lowest BCUT2D eigenvalue weighted by Crippen LogP contribution is -2.38. The Morgan fingerprint density at radius 2 is 1.76 bits per heavy atom. The van der Waals surface area contributed by atoms with Crippen LogP contribution in [-0.4, -0.2) is 28.2 Å². The molecule has 1 N–H and O–H groups in total. The number of imidazole rings is 1. The van der Waals surface area contributed by atoms with E-state index in [9.17, 15) is 19.5 Å². The van der Waals surface area contributed by atoms with Gasteiger partial charge in [0.05, 0.1) is 12.1 Å². The van der Waals surface area contributed by atoms with Gasteiger partial charge in [0.2, 0.25) is 11.7 Å². The van der Waals surface area contributed by atoms with E-state index in [1.54, 1.807) is 0 Å². The third-order valence-electron chi connectivity index (χ3n) is 5.00. The summed E-state index contributed by atoms with van der Waals surface area (Å²) in [7, 11) is 2.82. The van der Waals surface area contributed by atoms with Gasteiger partial charge in [-0.25, -0.2) is 9.20 Å². The predicted octanol–water partition coefficient (Wildman–Crippen LogP) is 0.529. The van der Waals surface area contributed by atoms with E-state index in [0.717, 1.165) is 10.1 Å². The SMILES string of the molecule is C=CCc1c(O)n(Cc2ccccc2)c2nc3c(c(=O)n(C)c(=O)n3C)n2c1=O. The minimum Gasteiger partial charge on any atom is -0.494 e. The highest BCUT2D eigenvalue weighted by molar-refractivity contribution is 5.75. The molecule has 29 heavy (non-hydrogen) atoms. The first-order valence-electron chi connectivity index (χ1n) is 8.94. The molecule has 9 heteroatoms. The van der Waals surface area contributed by atoms with Crippen molar-refractivity contribution in [3.8, 4) is 5.88 Å². The topological polar surface area (TPSA) is 104 Å². The molecule has 0 radical (unpaired) electrons. The number of hydrogen-bond donors (Lipinski definition) is 1. The molecule has 4 aromatic rings. The van der Waals surface area contributed by atoms with Crippen LogP contribution >= 0.6 is 0 Å². The first-order valence-corrected chi connectivity index (χ1v) is 8.94. The number of aryl methyl sites for hydroxylation is 1. The number of rotatable bonds is 4. The zero-order valence-electron chi connectivity index (χ0n) is 16.0. The Balaban J connectivity index is 2.23. The van der Waals surface area contributed by atoms with Gasteiger partial charge < -0.3 is 5.11 Å².